The first kappa shape index (κ1) is 18.4. The van der Waals surface area contributed by atoms with Crippen molar-refractivity contribution in [2.75, 3.05) is 10.2 Å². The van der Waals surface area contributed by atoms with Gasteiger partial charge in [0.25, 0.3) is 10.9 Å². The van der Waals surface area contributed by atoms with Crippen molar-refractivity contribution in [1.82, 2.24) is 0 Å². The van der Waals surface area contributed by atoms with Crippen molar-refractivity contribution in [3.8, 4) is 5.75 Å². The fraction of sp³-hybridized carbons (Fsp3) is 0.118. The third-order valence-corrected chi connectivity index (χ3v) is 4.81. The van der Waals surface area contributed by atoms with Crippen LogP contribution in [0, 0.1) is 10.1 Å². The third-order valence-electron chi connectivity index (χ3n) is 3.77. The standard InChI is InChI=1S/C17H13N3O6S/c21-13-8-11(20(25)26)6-7-12(13)18-15(22)9-14-16(23)19(17(24)27-14)10-4-2-1-3-5-10/h1-8,14,21H,9H2,(H,18,22). The number of anilines is 2. The quantitative estimate of drug-likeness (QED) is 0.458. The van der Waals surface area contributed by atoms with E-state index in [0.29, 0.717) is 5.69 Å². The number of aromatic hydroxyl groups is 1. The predicted octanol–water partition coefficient (Wildman–Crippen LogP) is 2.90. The summed E-state index contributed by atoms with van der Waals surface area (Å²) in [5, 5.41) is 21.5. The van der Waals surface area contributed by atoms with Gasteiger partial charge in [-0.2, -0.15) is 0 Å². The number of nitrogens with one attached hydrogen (secondary N) is 1. The molecule has 2 aromatic carbocycles. The van der Waals surface area contributed by atoms with E-state index in [1.807, 2.05) is 0 Å². The lowest BCUT2D eigenvalue weighted by molar-refractivity contribution is -0.384. The molecule has 0 saturated carbocycles. The maximum Gasteiger partial charge on any atom is 0.293 e. The molecule has 0 aliphatic carbocycles. The highest BCUT2D eigenvalue weighted by Crippen LogP contribution is 2.34. The van der Waals surface area contributed by atoms with Crippen LogP contribution in [0.15, 0.2) is 48.5 Å². The molecular weight excluding hydrogens is 374 g/mol. The van der Waals surface area contributed by atoms with Crippen LogP contribution in [0.4, 0.5) is 21.9 Å². The van der Waals surface area contributed by atoms with Gasteiger partial charge in [0, 0.05) is 12.5 Å². The molecular formula is C17H13N3O6S. The van der Waals surface area contributed by atoms with Gasteiger partial charge in [0.05, 0.1) is 22.4 Å². The summed E-state index contributed by atoms with van der Waals surface area (Å²) in [5.74, 6) is -1.57. The minimum atomic E-state index is -0.891. The number of phenolic OH excluding ortho intramolecular Hbond substituents is 1. The highest BCUT2D eigenvalue weighted by Gasteiger charge is 2.41. The average molecular weight is 387 g/mol. The minimum Gasteiger partial charge on any atom is -0.506 e. The van der Waals surface area contributed by atoms with E-state index in [4.69, 9.17) is 0 Å². The molecule has 1 fully saturated rings. The summed E-state index contributed by atoms with van der Waals surface area (Å²) in [6.45, 7) is 0. The number of carbonyl (C=O) groups is 3. The number of carbonyl (C=O) groups excluding carboxylic acids is 3. The molecule has 3 rings (SSSR count). The number of nitro groups is 1. The van der Waals surface area contributed by atoms with Gasteiger partial charge < -0.3 is 10.4 Å². The molecule has 1 unspecified atom stereocenters. The second-order valence-electron chi connectivity index (χ2n) is 5.59. The summed E-state index contributed by atoms with van der Waals surface area (Å²) in [6.07, 6.45) is -0.283. The summed E-state index contributed by atoms with van der Waals surface area (Å²) < 4.78 is 0. The van der Waals surface area contributed by atoms with Crippen LogP contribution in [-0.2, 0) is 9.59 Å². The van der Waals surface area contributed by atoms with Gasteiger partial charge in [-0.1, -0.05) is 18.2 Å². The Morgan fingerprint density at radius 2 is 1.93 bits per heavy atom. The molecule has 138 valence electrons. The zero-order chi connectivity index (χ0) is 19.6. The van der Waals surface area contributed by atoms with Crippen LogP contribution < -0.4 is 10.2 Å². The molecule has 9 nitrogen and oxygen atoms in total. The molecule has 1 aliphatic rings. The Kier molecular flexibility index (Phi) is 5.08. The average Bonchev–Trinajstić information content (AvgIpc) is 2.90. The number of para-hydroxylation sites is 1. The number of hydrogen-bond acceptors (Lipinski definition) is 7. The number of nitrogens with zero attached hydrogens (tertiary/aromatic N) is 2. The van der Waals surface area contributed by atoms with Gasteiger partial charge in [-0.3, -0.25) is 24.5 Å². The van der Waals surface area contributed by atoms with Gasteiger partial charge in [0.1, 0.15) is 11.0 Å². The first-order valence-corrected chi connectivity index (χ1v) is 8.61. The van der Waals surface area contributed by atoms with Crippen molar-refractivity contribution in [2.24, 2.45) is 0 Å². The summed E-state index contributed by atoms with van der Waals surface area (Å²) in [4.78, 5) is 47.8. The molecule has 2 aromatic rings. The summed E-state index contributed by atoms with van der Waals surface area (Å²) in [7, 11) is 0. The number of phenols is 1. The smallest absolute Gasteiger partial charge is 0.293 e. The Morgan fingerprint density at radius 3 is 2.56 bits per heavy atom. The van der Waals surface area contributed by atoms with E-state index in [9.17, 15) is 29.6 Å². The topological polar surface area (TPSA) is 130 Å². The second-order valence-corrected chi connectivity index (χ2v) is 6.75. The number of amides is 3. The Bertz CT molecular complexity index is 934. The predicted molar refractivity (Wildman–Crippen MR) is 98.7 cm³/mol. The molecule has 0 aromatic heterocycles. The lowest BCUT2D eigenvalue weighted by atomic mass is 10.2. The highest BCUT2D eigenvalue weighted by atomic mass is 32.2. The van der Waals surface area contributed by atoms with E-state index in [0.717, 1.165) is 28.8 Å². The van der Waals surface area contributed by atoms with Gasteiger partial charge in [0.15, 0.2) is 0 Å². The van der Waals surface area contributed by atoms with E-state index >= 15 is 0 Å². The largest absolute Gasteiger partial charge is 0.506 e. The second kappa shape index (κ2) is 7.46. The lowest BCUT2D eigenvalue weighted by Crippen LogP contribution is -2.32. The van der Waals surface area contributed by atoms with Gasteiger partial charge in [-0.25, -0.2) is 4.90 Å². The van der Waals surface area contributed by atoms with Crippen LogP contribution in [0.3, 0.4) is 0 Å². The fourth-order valence-electron chi connectivity index (χ4n) is 2.51. The monoisotopic (exact) mass is 387 g/mol. The van der Waals surface area contributed by atoms with Crippen LogP contribution in [0.1, 0.15) is 6.42 Å². The van der Waals surface area contributed by atoms with E-state index in [1.54, 1.807) is 30.3 Å². The molecule has 2 N–H and O–H groups in total. The van der Waals surface area contributed by atoms with Crippen molar-refractivity contribution in [2.45, 2.75) is 11.7 Å². The number of imide groups is 1. The number of rotatable bonds is 5. The molecule has 1 atom stereocenters. The highest BCUT2D eigenvalue weighted by molar-refractivity contribution is 8.15. The molecule has 1 heterocycles. The van der Waals surface area contributed by atoms with Gasteiger partial charge in [-0.15, -0.1) is 0 Å². The molecule has 10 heteroatoms. The maximum atomic E-state index is 12.5. The Labute approximate surface area is 157 Å². The van der Waals surface area contributed by atoms with Crippen molar-refractivity contribution in [3.05, 3.63) is 58.6 Å². The maximum absolute atomic E-state index is 12.5. The Balaban J connectivity index is 1.67. The number of benzene rings is 2. The minimum absolute atomic E-state index is 0.0210. The SMILES string of the molecule is O=C(CC1SC(=O)N(c2ccccc2)C1=O)Nc1ccc([N+](=O)[O-])cc1O. The summed E-state index contributed by atoms with van der Waals surface area (Å²) >= 11 is 0.751. The molecule has 0 spiro atoms. The van der Waals surface area contributed by atoms with Crippen LogP contribution in [0.25, 0.3) is 0 Å². The first-order valence-electron chi connectivity index (χ1n) is 7.73. The number of hydrogen-bond donors (Lipinski definition) is 2. The molecule has 27 heavy (non-hydrogen) atoms. The summed E-state index contributed by atoms with van der Waals surface area (Å²) in [5.41, 5.74) is 0.0827. The number of thioether (sulfide) groups is 1. The van der Waals surface area contributed by atoms with Crippen molar-refractivity contribution >= 4 is 45.9 Å². The Hall–Kier alpha value is -3.40. The van der Waals surface area contributed by atoms with E-state index in [2.05, 4.69) is 5.32 Å². The number of nitro benzene ring substituents is 1. The van der Waals surface area contributed by atoms with E-state index in [-0.39, 0.29) is 17.8 Å². The van der Waals surface area contributed by atoms with Crippen molar-refractivity contribution < 1.29 is 24.4 Å². The molecule has 3 amide bonds. The molecule has 0 radical (unpaired) electrons. The van der Waals surface area contributed by atoms with Crippen molar-refractivity contribution in [3.63, 3.8) is 0 Å². The van der Waals surface area contributed by atoms with Crippen molar-refractivity contribution in [1.29, 1.82) is 0 Å². The van der Waals surface area contributed by atoms with E-state index < -0.39 is 33.0 Å². The fourth-order valence-corrected chi connectivity index (χ4v) is 3.49. The first-order chi connectivity index (χ1) is 12.9. The zero-order valence-corrected chi connectivity index (χ0v) is 14.5. The molecule has 0 bridgehead atoms. The van der Waals surface area contributed by atoms with Crippen LogP contribution in [0.5, 0.6) is 5.75 Å². The van der Waals surface area contributed by atoms with E-state index in [1.165, 1.54) is 6.07 Å². The Morgan fingerprint density at radius 1 is 1.22 bits per heavy atom. The third kappa shape index (κ3) is 3.90. The van der Waals surface area contributed by atoms with Gasteiger partial charge >= 0.3 is 0 Å². The van der Waals surface area contributed by atoms with Crippen LogP contribution in [-0.4, -0.2) is 32.3 Å². The normalized spacial score (nSPS) is 16.4. The molecule has 1 aliphatic heterocycles. The molecule has 1 saturated heterocycles. The van der Waals surface area contributed by atoms with Crippen LogP contribution >= 0.6 is 11.8 Å². The van der Waals surface area contributed by atoms with Crippen LogP contribution in [0.2, 0.25) is 0 Å². The summed E-state index contributed by atoms with van der Waals surface area (Å²) in [6, 6.07) is 11.6. The van der Waals surface area contributed by atoms with Gasteiger partial charge in [0.2, 0.25) is 11.8 Å². The lowest BCUT2D eigenvalue weighted by Gasteiger charge is -2.13. The zero-order valence-electron chi connectivity index (χ0n) is 13.7. The van der Waals surface area contributed by atoms with Gasteiger partial charge in [-0.05, 0) is 30.0 Å². The number of non-ortho nitro benzene ring substituents is 1.